The maximum Gasteiger partial charge on any atom is 0.241 e. The zero-order valence-electron chi connectivity index (χ0n) is 9.24. The number of ether oxygens (including phenoxy) is 1. The van der Waals surface area contributed by atoms with Crippen LogP contribution in [0.3, 0.4) is 0 Å². The standard InChI is InChI=1S/C10H13BrFNO3S/c1-2-16-6-5-13-17(14,15)10-4-3-8(12)7-9(10)11/h3-4,7,13H,2,5-6H2,1H3. The Kier molecular flexibility index (Phi) is 5.51. The van der Waals surface area contributed by atoms with E-state index in [1.54, 1.807) is 0 Å². The molecule has 4 nitrogen and oxygen atoms in total. The van der Waals surface area contributed by atoms with E-state index < -0.39 is 15.8 Å². The number of hydrogen-bond donors (Lipinski definition) is 1. The lowest BCUT2D eigenvalue weighted by molar-refractivity contribution is 0.153. The maximum absolute atomic E-state index is 12.8. The lowest BCUT2D eigenvalue weighted by Gasteiger charge is -2.08. The molecule has 0 aromatic heterocycles. The monoisotopic (exact) mass is 325 g/mol. The highest BCUT2D eigenvalue weighted by molar-refractivity contribution is 9.10. The Labute approximate surface area is 108 Å². The third-order valence-electron chi connectivity index (χ3n) is 1.93. The molecule has 0 saturated heterocycles. The molecule has 0 heterocycles. The maximum atomic E-state index is 12.8. The quantitative estimate of drug-likeness (QED) is 0.813. The van der Waals surface area contributed by atoms with Crippen LogP contribution in [0, 0.1) is 5.82 Å². The van der Waals surface area contributed by atoms with Crippen molar-refractivity contribution in [2.24, 2.45) is 0 Å². The third-order valence-corrected chi connectivity index (χ3v) is 4.36. The van der Waals surface area contributed by atoms with E-state index >= 15 is 0 Å². The molecule has 0 aliphatic carbocycles. The molecule has 0 atom stereocenters. The number of sulfonamides is 1. The van der Waals surface area contributed by atoms with E-state index in [1.165, 1.54) is 6.07 Å². The first kappa shape index (κ1) is 14.6. The number of halogens is 2. The molecule has 0 aliphatic heterocycles. The summed E-state index contributed by atoms with van der Waals surface area (Å²) >= 11 is 3.02. The van der Waals surface area contributed by atoms with Crippen LogP contribution < -0.4 is 4.72 Å². The van der Waals surface area contributed by atoms with Gasteiger partial charge in [-0.25, -0.2) is 17.5 Å². The molecule has 0 radical (unpaired) electrons. The van der Waals surface area contributed by atoms with Gasteiger partial charge in [-0.15, -0.1) is 0 Å². The summed E-state index contributed by atoms with van der Waals surface area (Å²) in [7, 11) is -3.63. The average Bonchev–Trinajstić information content (AvgIpc) is 2.24. The van der Waals surface area contributed by atoms with Crippen molar-refractivity contribution in [2.75, 3.05) is 19.8 Å². The fraction of sp³-hybridized carbons (Fsp3) is 0.400. The second-order valence-electron chi connectivity index (χ2n) is 3.17. The molecule has 96 valence electrons. The summed E-state index contributed by atoms with van der Waals surface area (Å²) in [5, 5.41) is 0. The lowest BCUT2D eigenvalue weighted by atomic mass is 10.3. The Balaban J connectivity index is 2.76. The van der Waals surface area contributed by atoms with E-state index in [4.69, 9.17) is 4.74 Å². The van der Waals surface area contributed by atoms with Gasteiger partial charge in [-0.05, 0) is 41.1 Å². The summed E-state index contributed by atoms with van der Waals surface area (Å²) in [4.78, 5) is 0.00963. The minimum Gasteiger partial charge on any atom is -0.380 e. The topological polar surface area (TPSA) is 55.4 Å². The van der Waals surface area contributed by atoms with Crippen LogP contribution >= 0.6 is 15.9 Å². The van der Waals surface area contributed by atoms with Crippen molar-refractivity contribution < 1.29 is 17.5 Å². The molecule has 0 unspecified atom stereocenters. The van der Waals surface area contributed by atoms with E-state index in [1.807, 2.05) is 6.92 Å². The van der Waals surface area contributed by atoms with Crippen LogP contribution in [-0.2, 0) is 14.8 Å². The second-order valence-corrected chi connectivity index (χ2v) is 5.76. The van der Waals surface area contributed by atoms with Crippen molar-refractivity contribution in [3.05, 3.63) is 28.5 Å². The summed E-state index contributed by atoms with van der Waals surface area (Å²) < 4.78 is 44.0. The number of rotatable bonds is 6. The SMILES string of the molecule is CCOCCNS(=O)(=O)c1ccc(F)cc1Br. The summed E-state index contributed by atoms with van der Waals surface area (Å²) in [5.41, 5.74) is 0. The van der Waals surface area contributed by atoms with Gasteiger partial charge in [0.25, 0.3) is 0 Å². The average molecular weight is 326 g/mol. The molecule has 1 aromatic rings. The highest BCUT2D eigenvalue weighted by atomic mass is 79.9. The number of hydrogen-bond acceptors (Lipinski definition) is 3. The molecular weight excluding hydrogens is 313 g/mol. The smallest absolute Gasteiger partial charge is 0.241 e. The van der Waals surface area contributed by atoms with Crippen molar-refractivity contribution in [3.8, 4) is 0 Å². The minimum absolute atomic E-state index is 0.00963. The van der Waals surface area contributed by atoms with Crippen molar-refractivity contribution >= 4 is 26.0 Å². The second kappa shape index (κ2) is 6.44. The van der Waals surface area contributed by atoms with Crippen LogP contribution in [-0.4, -0.2) is 28.2 Å². The Morgan fingerprint density at radius 2 is 2.18 bits per heavy atom. The molecule has 17 heavy (non-hydrogen) atoms. The van der Waals surface area contributed by atoms with Crippen LogP contribution in [0.4, 0.5) is 4.39 Å². The first-order chi connectivity index (χ1) is 7.97. The van der Waals surface area contributed by atoms with Gasteiger partial charge in [0.1, 0.15) is 5.82 Å². The lowest BCUT2D eigenvalue weighted by Crippen LogP contribution is -2.27. The first-order valence-corrected chi connectivity index (χ1v) is 7.27. The molecule has 0 saturated carbocycles. The predicted octanol–water partition coefficient (Wildman–Crippen LogP) is 1.90. The fourth-order valence-electron chi connectivity index (χ4n) is 1.16. The fourth-order valence-corrected chi connectivity index (χ4v) is 3.22. The normalized spacial score (nSPS) is 11.7. The summed E-state index contributed by atoms with van der Waals surface area (Å²) in [6.45, 7) is 2.83. The van der Waals surface area contributed by atoms with Gasteiger partial charge in [-0.2, -0.15) is 0 Å². The first-order valence-electron chi connectivity index (χ1n) is 5.00. The molecule has 0 fully saturated rings. The van der Waals surface area contributed by atoms with E-state index in [2.05, 4.69) is 20.7 Å². The summed E-state index contributed by atoms with van der Waals surface area (Å²) in [5.74, 6) is -0.495. The zero-order valence-corrected chi connectivity index (χ0v) is 11.6. The predicted molar refractivity (Wildman–Crippen MR) is 65.8 cm³/mol. The molecule has 1 aromatic carbocycles. The Morgan fingerprint density at radius 1 is 1.47 bits per heavy atom. The molecule has 0 spiro atoms. The van der Waals surface area contributed by atoms with Gasteiger partial charge in [0.15, 0.2) is 0 Å². The highest BCUT2D eigenvalue weighted by Crippen LogP contribution is 2.22. The molecule has 0 aliphatic rings. The number of benzene rings is 1. The van der Waals surface area contributed by atoms with Crippen LogP contribution in [0.15, 0.2) is 27.6 Å². The third kappa shape index (κ3) is 4.34. The Morgan fingerprint density at radius 3 is 2.76 bits per heavy atom. The van der Waals surface area contributed by atoms with Crippen molar-refractivity contribution in [1.29, 1.82) is 0 Å². The Bertz CT molecular complexity index is 478. The summed E-state index contributed by atoms with van der Waals surface area (Å²) in [6, 6.07) is 3.42. The van der Waals surface area contributed by atoms with Gasteiger partial charge < -0.3 is 4.74 Å². The van der Waals surface area contributed by atoms with Gasteiger partial charge in [0.2, 0.25) is 10.0 Å². The van der Waals surface area contributed by atoms with E-state index in [-0.39, 0.29) is 15.9 Å². The van der Waals surface area contributed by atoms with Crippen LogP contribution in [0.25, 0.3) is 0 Å². The van der Waals surface area contributed by atoms with E-state index in [0.29, 0.717) is 13.2 Å². The van der Waals surface area contributed by atoms with Gasteiger partial charge in [0.05, 0.1) is 11.5 Å². The largest absolute Gasteiger partial charge is 0.380 e. The van der Waals surface area contributed by atoms with Gasteiger partial charge in [-0.1, -0.05) is 0 Å². The van der Waals surface area contributed by atoms with Gasteiger partial charge in [0, 0.05) is 17.6 Å². The molecular formula is C10H13BrFNO3S. The molecule has 7 heteroatoms. The van der Waals surface area contributed by atoms with Crippen molar-refractivity contribution in [1.82, 2.24) is 4.72 Å². The van der Waals surface area contributed by atoms with Crippen molar-refractivity contribution in [3.63, 3.8) is 0 Å². The molecule has 0 bridgehead atoms. The van der Waals surface area contributed by atoms with Gasteiger partial charge >= 0.3 is 0 Å². The van der Waals surface area contributed by atoms with E-state index in [9.17, 15) is 12.8 Å². The van der Waals surface area contributed by atoms with Gasteiger partial charge in [-0.3, -0.25) is 0 Å². The molecule has 1 rings (SSSR count). The Hall–Kier alpha value is -0.500. The van der Waals surface area contributed by atoms with E-state index in [0.717, 1.165) is 12.1 Å². The zero-order chi connectivity index (χ0) is 12.9. The minimum atomic E-state index is -3.63. The van der Waals surface area contributed by atoms with Crippen molar-refractivity contribution in [2.45, 2.75) is 11.8 Å². The van der Waals surface area contributed by atoms with Crippen LogP contribution in [0.2, 0.25) is 0 Å². The number of nitrogens with one attached hydrogen (secondary N) is 1. The molecule has 0 amide bonds. The van der Waals surface area contributed by atoms with Crippen LogP contribution in [0.5, 0.6) is 0 Å². The van der Waals surface area contributed by atoms with Crippen LogP contribution in [0.1, 0.15) is 6.92 Å². The molecule has 1 N–H and O–H groups in total. The summed E-state index contributed by atoms with van der Waals surface area (Å²) in [6.07, 6.45) is 0. The highest BCUT2D eigenvalue weighted by Gasteiger charge is 2.17.